The molecule has 1 unspecified atom stereocenters. The van der Waals surface area contributed by atoms with Crippen molar-refractivity contribution in [3.63, 3.8) is 0 Å². The summed E-state index contributed by atoms with van der Waals surface area (Å²) in [5.41, 5.74) is 2.46. The molecule has 3 amide bonds. The molecule has 2 aromatic carbocycles. The van der Waals surface area contributed by atoms with Gasteiger partial charge < -0.3 is 15.5 Å². The monoisotopic (exact) mass is 497 g/mol. The molecule has 0 spiro atoms. The van der Waals surface area contributed by atoms with Crippen LogP contribution in [0, 0.1) is 5.92 Å². The van der Waals surface area contributed by atoms with Crippen LogP contribution in [-0.2, 0) is 11.2 Å². The van der Waals surface area contributed by atoms with E-state index in [-0.39, 0.29) is 27.7 Å². The molecule has 1 aliphatic rings. The van der Waals surface area contributed by atoms with E-state index in [1.807, 2.05) is 24.3 Å². The van der Waals surface area contributed by atoms with Crippen molar-refractivity contribution >= 4 is 52.0 Å². The number of carbonyl (C=O) groups excluding carboxylic acids is 3. The van der Waals surface area contributed by atoms with Gasteiger partial charge >= 0.3 is 0 Å². The van der Waals surface area contributed by atoms with Gasteiger partial charge in [-0.15, -0.1) is 10.2 Å². The first-order valence-corrected chi connectivity index (χ1v) is 12.2. The van der Waals surface area contributed by atoms with E-state index >= 15 is 0 Å². The Balaban J connectivity index is 1.37. The average Bonchev–Trinajstić information content (AvgIpc) is 3.36. The molecule has 34 heavy (non-hydrogen) atoms. The third kappa shape index (κ3) is 5.78. The summed E-state index contributed by atoms with van der Waals surface area (Å²) in [6.45, 7) is 2.88. The van der Waals surface area contributed by atoms with E-state index in [0.717, 1.165) is 29.0 Å². The molecular formula is C24H24ClN5O3S. The van der Waals surface area contributed by atoms with E-state index in [1.54, 1.807) is 29.2 Å². The fraction of sp³-hybridized carbons (Fsp3) is 0.292. The Hall–Kier alpha value is -3.30. The van der Waals surface area contributed by atoms with Crippen LogP contribution in [0.15, 0.2) is 48.5 Å². The summed E-state index contributed by atoms with van der Waals surface area (Å²) in [6, 6.07) is 14.4. The molecule has 2 N–H and O–H groups in total. The van der Waals surface area contributed by atoms with Gasteiger partial charge in [0.15, 0.2) is 0 Å². The van der Waals surface area contributed by atoms with Gasteiger partial charge in [-0.2, -0.15) is 0 Å². The molecule has 176 valence electrons. The summed E-state index contributed by atoms with van der Waals surface area (Å²) in [6.07, 6.45) is 2.30. The third-order valence-corrected chi connectivity index (χ3v) is 6.75. The number of carbonyl (C=O) groups is 3. The van der Waals surface area contributed by atoms with Crippen LogP contribution in [0.1, 0.15) is 44.9 Å². The van der Waals surface area contributed by atoms with Gasteiger partial charge in [-0.3, -0.25) is 14.4 Å². The molecule has 8 nitrogen and oxygen atoms in total. The second-order valence-corrected chi connectivity index (χ2v) is 9.42. The Bertz CT molecular complexity index is 1200. The van der Waals surface area contributed by atoms with Crippen LogP contribution < -0.4 is 10.6 Å². The van der Waals surface area contributed by atoms with Gasteiger partial charge in [-0.25, -0.2) is 0 Å². The molecule has 1 atom stereocenters. The van der Waals surface area contributed by atoms with Crippen LogP contribution in [0.3, 0.4) is 0 Å². The van der Waals surface area contributed by atoms with Crippen molar-refractivity contribution in [2.45, 2.75) is 26.2 Å². The first-order valence-electron chi connectivity index (χ1n) is 11.0. The zero-order valence-corrected chi connectivity index (χ0v) is 20.2. The molecule has 1 fully saturated rings. The Kier molecular flexibility index (Phi) is 7.54. The second-order valence-electron chi connectivity index (χ2n) is 8.01. The van der Waals surface area contributed by atoms with E-state index < -0.39 is 5.91 Å². The zero-order valence-electron chi connectivity index (χ0n) is 18.6. The number of nitrogens with zero attached hydrogens (tertiary/aromatic N) is 3. The molecule has 3 aromatic rings. The van der Waals surface area contributed by atoms with Crippen molar-refractivity contribution < 1.29 is 14.4 Å². The number of aryl methyl sites for hydroxylation is 1. The Labute approximate surface area is 206 Å². The van der Waals surface area contributed by atoms with Crippen molar-refractivity contribution in [2.24, 2.45) is 5.92 Å². The van der Waals surface area contributed by atoms with Crippen molar-refractivity contribution in [1.82, 2.24) is 15.1 Å². The number of amides is 3. The largest absolute Gasteiger partial charge is 0.336 e. The van der Waals surface area contributed by atoms with Crippen LogP contribution in [-0.4, -0.2) is 45.9 Å². The maximum atomic E-state index is 13.0. The topological polar surface area (TPSA) is 104 Å². The number of hydrogen-bond donors (Lipinski definition) is 2. The van der Waals surface area contributed by atoms with E-state index in [0.29, 0.717) is 36.6 Å². The highest BCUT2D eigenvalue weighted by molar-refractivity contribution is 7.15. The molecule has 2 heterocycles. The quantitative estimate of drug-likeness (QED) is 0.522. The fourth-order valence-electron chi connectivity index (χ4n) is 3.74. The zero-order chi connectivity index (χ0) is 24.1. The maximum Gasteiger partial charge on any atom is 0.286 e. The van der Waals surface area contributed by atoms with E-state index in [2.05, 4.69) is 27.8 Å². The summed E-state index contributed by atoms with van der Waals surface area (Å²) < 4.78 is 0. The number of aromatic nitrogens is 2. The summed E-state index contributed by atoms with van der Waals surface area (Å²) in [5.74, 6) is -1.20. The number of nitrogens with one attached hydrogen (secondary N) is 2. The van der Waals surface area contributed by atoms with E-state index in [4.69, 9.17) is 11.6 Å². The SMILES string of the molecule is CCc1cccc(NC(=O)C2CCCN(C(=O)c3nnc(C(=O)Nc4ccc(Cl)cc4)s3)C2)c1. The lowest BCUT2D eigenvalue weighted by Gasteiger charge is -2.31. The minimum Gasteiger partial charge on any atom is -0.336 e. The number of benzene rings is 2. The fourth-order valence-corrected chi connectivity index (χ4v) is 4.58. The van der Waals surface area contributed by atoms with Crippen molar-refractivity contribution in [2.75, 3.05) is 23.7 Å². The Morgan fingerprint density at radius 1 is 1.06 bits per heavy atom. The number of piperidine rings is 1. The van der Waals surface area contributed by atoms with Crippen LogP contribution in [0.25, 0.3) is 0 Å². The molecule has 0 radical (unpaired) electrons. The minimum atomic E-state index is -0.455. The average molecular weight is 498 g/mol. The van der Waals surface area contributed by atoms with Crippen molar-refractivity contribution in [3.8, 4) is 0 Å². The maximum absolute atomic E-state index is 13.0. The lowest BCUT2D eigenvalue weighted by atomic mass is 9.97. The van der Waals surface area contributed by atoms with Gasteiger partial charge in [0, 0.05) is 29.5 Å². The van der Waals surface area contributed by atoms with Crippen LogP contribution >= 0.6 is 22.9 Å². The number of likely N-dealkylation sites (tertiary alicyclic amines) is 1. The van der Waals surface area contributed by atoms with Gasteiger partial charge in [0.1, 0.15) is 0 Å². The van der Waals surface area contributed by atoms with Gasteiger partial charge in [0.05, 0.1) is 5.92 Å². The molecule has 0 saturated carbocycles. The van der Waals surface area contributed by atoms with Crippen LogP contribution in [0.4, 0.5) is 11.4 Å². The smallest absolute Gasteiger partial charge is 0.286 e. The molecular weight excluding hydrogens is 474 g/mol. The Morgan fingerprint density at radius 3 is 2.59 bits per heavy atom. The first kappa shape index (κ1) is 23.8. The highest BCUT2D eigenvalue weighted by Gasteiger charge is 2.31. The molecule has 10 heteroatoms. The second kappa shape index (κ2) is 10.8. The standard InChI is InChI=1S/C24H24ClN5O3S/c1-2-15-5-3-7-19(13-15)27-20(31)16-6-4-12-30(14-16)24(33)23-29-28-22(34-23)21(32)26-18-10-8-17(25)9-11-18/h3,5,7-11,13,16H,2,4,6,12,14H2,1H3,(H,26,32)(H,27,31). The summed E-state index contributed by atoms with van der Waals surface area (Å²) >= 11 is 6.79. The van der Waals surface area contributed by atoms with Crippen LogP contribution in [0.5, 0.6) is 0 Å². The molecule has 0 aliphatic carbocycles. The van der Waals surface area contributed by atoms with Gasteiger partial charge in [-0.05, 0) is 61.2 Å². The molecule has 1 aromatic heterocycles. The van der Waals surface area contributed by atoms with E-state index in [9.17, 15) is 14.4 Å². The van der Waals surface area contributed by atoms with Crippen molar-refractivity contribution in [1.29, 1.82) is 0 Å². The number of rotatable bonds is 6. The van der Waals surface area contributed by atoms with Crippen LogP contribution in [0.2, 0.25) is 5.02 Å². The lowest BCUT2D eigenvalue weighted by molar-refractivity contribution is -0.121. The normalized spacial score (nSPS) is 15.6. The molecule has 0 bridgehead atoms. The van der Waals surface area contributed by atoms with Gasteiger partial charge in [-0.1, -0.05) is 42.0 Å². The lowest BCUT2D eigenvalue weighted by Crippen LogP contribution is -2.43. The van der Waals surface area contributed by atoms with Gasteiger partial charge in [0.2, 0.25) is 15.9 Å². The third-order valence-electron chi connectivity index (χ3n) is 5.59. The Morgan fingerprint density at radius 2 is 1.82 bits per heavy atom. The number of anilines is 2. The van der Waals surface area contributed by atoms with E-state index in [1.165, 1.54) is 0 Å². The highest BCUT2D eigenvalue weighted by atomic mass is 35.5. The number of halogens is 1. The molecule has 1 saturated heterocycles. The predicted molar refractivity (Wildman–Crippen MR) is 132 cm³/mol. The minimum absolute atomic E-state index is 0.0837. The van der Waals surface area contributed by atoms with Gasteiger partial charge in [0.25, 0.3) is 11.8 Å². The summed E-state index contributed by atoms with van der Waals surface area (Å²) in [4.78, 5) is 39.9. The summed E-state index contributed by atoms with van der Waals surface area (Å²) in [5, 5.41) is 14.2. The predicted octanol–water partition coefficient (Wildman–Crippen LogP) is 4.50. The van der Waals surface area contributed by atoms with Crippen molar-refractivity contribution in [3.05, 3.63) is 69.1 Å². The summed E-state index contributed by atoms with van der Waals surface area (Å²) in [7, 11) is 0. The molecule has 1 aliphatic heterocycles. The number of hydrogen-bond acceptors (Lipinski definition) is 6. The first-order chi connectivity index (χ1) is 16.4. The molecule has 4 rings (SSSR count). The highest BCUT2D eigenvalue weighted by Crippen LogP contribution is 2.23.